The van der Waals surface area contributed by atoms with E-state index >= 15 is 0 Å². The molecule has 0 bridgehead atoms. The van der Waals surface area contributed by atoms with E-state index in [9.17, 15) is 12.8 Å². The van der Waals surface area contributed by atoms with E-state index in [0.717, 1.165) is 19.1 Å². The van der Waals surface area contributed by atoms with E-state index in [2.05, 4.69) is 5.32 Å². The van der Waals surface area contributed by atoms with E-state index in [-0.39, 0.29) is 28.8 Å². The van der Waals surface area contributed by atoms with Crippen LogP contribution in [0.2, 0.25) is 0 Å². The van der Waals surface area contributed by atoms with Gasteiger partial charge >= 0.3 is 0 Å². The molecule has 4 nitrogen and oxygen atoms in total. The van der Waals surface area contributed by atoms with Gasteiger partial charge in [-0.2, -0.15) is 0 Å². The summed E-state index contributed by atoms with van der Waals surface area (Å²) in [6, 6.07) is 3.91. The number of ether oxygens (including phenoxy) is 1. The molecule has 0 radical (unpaired) electrons. The Morgan fingerprint density at radius 2 is 1.85 bits per heavy atom. The van der Waals surface area contributed by atoms with Gasteiger partial charge in [0.05, 0.1) is 22.8 Å². The summed E-state index contributed by atoms with van der Waals surface area (Å²) in [4.78, 5) is 0.120. The molecule has 2 atom stereocenters. The first-order chi connectivity index (χ1) is 9.25. The average Bonchev–Trinajstić information content (AvgIpc) is 2.29. The van der Waals surface area contributed by atoms with Crippen molar-refractivity contribution in [3.05, 3.63) is 24.0 Å². The molecule has 0 spiro atoms. The van der Waals surface area contributed by atoms with E-state index in [1.807, 2.05) is 13.8 Å². The molecule has 1 N–H and O–H groups in total. The minimum absolute atomic E-state index is 0.0815. The van der Waals surface area contributed by atoms with Crippen LogP contribution >= 0.6 is 0 Å². The van der Waals surface area contributed by atoms with Gasteiger partial charge in [0.2, 0.25) is 0 Å². The molecule has 2 rings (SSSR count). The lowest BCUT2D eigenvalue weighted by Gasteiger charge is -2.33. The highest BCUT2D eigenvalue weighted by atomic mass is 32.2. The van der Waals surface area contributed by atoms with Crippen LogP contribution in [0, 0.1) is 5.82 Å². The van der Waals surface area contributed by atoms with Crippen molar-refractivity contribution in [2.24, 2.45) is 0 Å². The predicted octanol–water partition coefficient (Wildman–Crippen LogP) is 2.60. The standard InChI is InChI=1S/C14H20FNO3S/c1-9-6-11(7-10(2)19-9)16-14-8-12(20(3,17)18)4-5-13(14)15/h4-5,8-11,16H,6-7H2,1-3H3. The maximum Gasteiger partial charge on any atom is 0.175 e. The molecule has 0 aromatic heterocycles. The molecule has 0 saturated carbocycles. The Labute approximate surface area is 119 Å². The van der Waals surface area contributed by atoms with Crippen molar-refractivity contribution in [2.45, 2.75) is 49.8 Å². The number of nitrogens with one attached hydrogen (secondary N) is 1. The Kier molecular flexibility index (Phi) is 4.34. The summed E-state index contributed by atoms with van der Waals surface area (Å²) >= 11 is 0. The smallest absolute Gasteiger partial charge is 0.175 e. The molecule has 1 aromatic rings. The highest BCUT2D eigenvalue weighted by molar-refractivity contribution is 7.90. The van der Waals surface area contributed by atoms with Gasteiger partial charge in [-0.25, -0.2) is 12.8 Å². The topological polar surface area (TPSA) is 55.4 Å². The molecule has 6 heteroatoms. The zero-order chi connectivity index (χ0) is 14.9. The molecule has 0 amide bonds. The van der Waals surface area contributed by atoms with Crippen LogP contribution in [0.1, 0.15) is 26.7 Å². The van der Waals surface area contributed by atoms with E-state index in [0.29, 0.717) is 0 Å². The van der Waals surface area contributed by atoms with E-state index in [4.69, 9.17) is 4.74 Å². The number of rotatable bonds is 3. The van der Waals surface area contributed by atoms with Crippen LogP contribution in [0.25, 0.3) is 0 Å². The summed E-state index contributed by atoms with van der Waals surface area (Å²) in [5.74, 6) is -0.441. The molecule has 1 aliphatic heterocycles. The lowest BCUT2D eigenvalue weighted by atomic mass is 9.99. The molecule has 1 fully saturated rings. The van der Waals surface area contributed by atoms with Crippen LogP contribution in [0.15, 0.2) is 23.1 Å². The van der Waals surface area contributed by atoms with Crippen LogP contribution in [0.3, 0.4) is 0 Å². The summed E-state index contributed by atoms with van der Waals surface area (Å²) in [7, 11) is -3.34. The van der Waals surface area contributed by atoms with Crippen molar-refractivity contribution in [3.8, 4) is 0 Å². The van der Waals surface area contributed by atoms with Gasteiger partial charge in [0.25, 0.3) is 0 Å². The van der Waals surface area contributed by atoms with Crippen LogP contribution in [-0.4, -0.2) is 32.9 Å². The van der Waals surface area contributed by atoms with Gasteiger partial charge in [-0.15, -0.1) is 0 Å². The van der Waals surface area contributed by atoms with Crippen molar-refractivity contribution in [3.63, 3.8) is 0 Å². The highest BCUT2D eigenvalue weighted by Gasteiger charge is 2.25. The zero-order valence-electron chi connectivity index (χ0n) is 11.9. The summed E-state index contributed by atoms with van der Waals surface area (Å²) in [5, 5.41) is 3.10. The first-order valence-electron chi connectivity index (χ1n) is 6.67. The second-order valence-corrected chi connectivity index (χ2v) is 7.50. The molecular weight excluding hydrogens is 281 g/mol. The number of halogens is 1. The fourth-order valence-corrected chi connectivity index (χ4v) is 3.24. The van der Waals surface area contributed by atoms with Crippen LogP contribution < -0.4 is 5.32 Å². The summed E-state index contributed by atoms with van der Waals surface area (Å²) in [5.41, 5.74) is 0.235. The molecule has 1 aromatic carbocycles. The van der Waals surface area contributed by atoms with Gasteiger partial charge in [0.1, 0.15) is 5.82 Å². The molecule has 20 heavy (non-hydrogen) atoms. The molecule has 112 valence electrons. The van der Waals surface area contributed by atoms with E-state index in [1.165, 1.54) is 18.2 Å². The highest BCUT2D eigenvalue weighted by Crippen LogP contribution is 2.25. The predicted molar refractivity (Wildman–Crippen MR) is 76.2 cm³/mol. The summed E-state index contributed by atoms with van der Waals surface area (Å²) in [6.45, 7) is 3.96. The van der Waals surface area contributed by atoms with Crippen molar-refractivity contribution in [1.29, 1.82) is 0 Å². The number of hydrogen-bond acceptors (Lipinski definition) is 4. The van der Waals surface area contributed by atoms with Gasteiger partial charge in [-0.1, -0.05) is 0 Å². The molecule has 1 saturated heterocycles. The normalized spacial score (nSPS) is 27.3. The lowest BCUT2D eigenvalue weighted by molar-refractivity contribution is -0.0338. The van der Waals surface area contributed by atoms with Crippen LogP contribution in [0.5, 0.6) is 0 Å². The lowest BCUT2D eigenvalue weighted by Crippen LogP contribution is -2.37. The zero-order valence-corrected chi connectivity index (χ0v) is 12.7. The third kappa shape index (κ3) is 3.70. The van der Waals surface area contributed by atoms with Crippen molar-refractivity contribution < 1.29 is 17.5 Å². The largest absolute Gasteiger partial charge is 0.380 e. The number of anilines is 1. The van der Waals surface area contributed by atoms with Crippen LogP contribution in [0.4, 0.5) is 10.1 Å². The second kappa shape index (κ2) is 5.69. The second-order valence-electron chi connectivity index (χ2n) is 5.48. The summed E-state index contributed by atoms with van der Waals surface area (Å²) < 4.78 is 42.5. The maximum atomic E-state index is 13.8. The fourth-order valence-electron chi connectivity index (χ4n) is 2.59. The quantitative estimate of drug-likeness (QED) is 0.872. The molecular formula is C14H20FNO3S. The Hall–Kier alpha value is -1.14. The fraction of sp³-hybridized carbons (Fsp3) is 0.571. The average molecular weight is 301 g/mol. The van der Waals surface area contributed by atoms with Gasteiger partial charge in [-0.3, -0.25) is 0 Å². The van der Waals surface area contributed by atoms with Crippen LogP contribution in [-0.2, 0) is 14.6 Å². The van der Waals surface area contributed by atoms with Crippen molar-refractivity contribution >= 4 is 15.5 Å². The summed E-state index contributed by atoms with van der Waals surface area (Å²) in [6.07, 6.45) is 2.87. The minimum atomic E-state index is -3.34. The number of hydrogen-bond donors (Lipinski definition) is 1. The Morgan fingerprint density at radius 1 is 1.25 bits per heavy atom. The van der Waals surface area contributed by atoms with Gasteiger partial charge < -0.3 is 10.1 Å². The molecule has 2 unspecified atom stereocenters. The molecule has 1 heterocycles. The van der Waals surface area contributed by atoms with Gasteiger partial charge in [0.15, 0.2) is 9.84 Å². The van der Waals surface area contributed by atoms with Crippen molar-refractivity contribution in [2.75, 3.05) is 11.6 Å². The molecule has 0 aliphatic carbocycles. The SMILES string of the molecule is CC1CC(Nc2cc(S(C)(=O)=O)ccc2F)CC(C)O1. The number of benzene rings is 1. The van der Waals surface area contributed by atoms with E-state index in [1.54, 1.807) is 0 Å². The third-order valence-electron chi connectivity index (χ3n) is 3.42. The van der Waals surface area contributed by atoms with Crippen molar-refractivity contribution in [1.82, 2.24) is 0 Å². The first kappa shape index (κ1) is 15.3. The Balaban J connectivity index is 2.20. The monoisotopic (exact) mass is 301 g/mol. The number of sulfone groups is 1. The van der Waals surface area contributed by atoms with E-state index < -0.39 is 15.7 Å². The maximum absolute atomic E-state index is 13.8. The first-order valence-corrected chi connectivity index (χ1v) is 8.56. The molecule has 1 aliphatic rings. The Bertz CT molecular complexity index is 578. The Morgan fingerprint density at radius 3 is 2.40 bits per heavy atom. The van der Waals surface area contributed by atoms with Gasteiger partial charge in [0, 0.05) is 12.3 Å². The minimum Gasteiger partial charge on any atom is -0.380 e. The van der Waals surface area contributed by atoms with Gasteiger partial charge in [-0.05, 0) is 44.9 Å². The third-order valence-corrected chi connectivity index (χ3v) is 4.53.